The Kier molecular flexibility index (Phi) is 7.65. The number of benzene rings is 2. The molecule has 6 nitrogen and oxygen atoms in total. The maximum atomic E-state index is 12.7. The lowest BCUT2D eigenvalue weighted by atomic mass is 9.74. The van der Waals surface area contributed by atoms with Crippen LogP contribution in [0.5, 0.6) is 0 Å². The molecule has 1 unspecified atom stereocenters. The van der Waals surface area contributed by atoms with Gasteiger partial charge in [0.2, 0.25) is 0 Å². The zero-order valence-electron chi connectivity index (χ0n) is 20.3. The Balaban J connectivity index is 1.40. The van der Waals surface area contributed by atoms with Gasteiger partial charge in [-0.2, -0.15) is 0 Å². The molecule has 2 aromatic rings. The Morgan fingerprint density at radius 1 is 1.03 bits per heavy atom. The van der Waals surface area contributed by atoms with Gasteiger partial charge < -0.3 is 21.6 Å². The monoisotopic (exact) mass is 491 g/mol. The Bertz CT molecular complexity index is 1160. The number of aliphatic carboxylic acids is 1. The topological polar surface area (TPSA) is 116 Å². The summed E-state index contributed by atoms with van der Waals surface area (Å²) < 4.78 is 0. The molecule has 35 heavy (non-hydrogen) atoms. The lowest BCUT2D eigenvalue weighted by Crippen LogP contribution is -2.27. The zero-order valence-corrected chi connectivity index (χ0v) is 21.1. The van der Waals surface area contributed by atoms with Crippen molar-refractivity contribution in [2.24, 2.45) is 23.5 Å². The van der Waals surface area contributed by atoms with Crippen LogP contribution < -0.4 is 11.1 Å². The van der Waals surface area contributed by atoms with Crippen molar-refractivity contribution >= 4 is 40.7 Å². The number of allylic oxidation sites excluding steroid dienone is 1. The second-order valence-corrected chi connectivity index (χ2v) is 10.8. The van der Waals surface area contributed by atoms with Crippen LogP contribution in [0.3, 0.4) is 0 Å². The number of carboxylic acids is 1. The van der Waals surface area contributed by atoms with Gasteiger partial charge in [0.05, 0.1) is 16.3 Å². The second-order valence-electron chi connectivity index (χ2n) is 9.78. The van der Waals surface area contributed by atoms with Gasteiger partial charge in [-0.15, -0.1) is 11.8 Å². The maximum absolute atomic E-state index is 12.7. The first kappa shape index (κ1) is 25.0. The van der Waals surface area contributed by atoms with Crippen LogP contribution in [0.25, 0.3) is 5.70 Å². The first-order chi connectivity index (χ1) is 16.7. The van der Waals surface area contributed by atoms with E-state index in [9.17, 15) is 9.59 Å². The van der Waals surface area contributed by atoms with Crippen LogP contribution in [-0.4, -0.2) is 28.4 Å². The molecule has 2 fully saturated rings. The molecule has 2 aliphatic rings. The number of amides is 1. The number of rotatable bonds is 6. The van der Waals surface area contributed by atoms with Gasteiger partial charge in [0.15, 0.2) is 0 Å². The lowest BCUT2D eigenvalue weighted by molar-refractivity contribution is -0.138. The number of carboxylic acid groups (broad SMARTS) is 1. The third-order valence-corrected chi connectivity index (χ3v) is 8.67. The van der Waals surface area contributed by atoms with Crippen molar-refractivity contribution in [1.29, 1.82) is 5.41 Å². The molecular formula is C28H33N3O3S. The van der Waals surface area contributed by atoms with Crippen LogP contribution in [0.1, 0.15) is 59.2 Å². The van der Waals surface area contributed by atoms with Gasteiger partial charge in [0, 0.05) is 29.3 Å². The highest BCUT2D eigenvalue weighted by Gasteiger charge is 2.37. The molecule has 1 aliphatic carbocycles. The summed E-state index contributed by atoms with van der Waals surface area (Å²) in [6, 6.07) is 13.1. The number of carbonyl (C=O) groups is 2. The molecule has 5 N–H and O–H groups in total. The molecule has 1 saturated carbocycles. The van der Waals surface area contributed by atoms with Crippen molar-refractivity contribution in [3.8, 4) is 0 Å². The molecule has 1 heterocycles. The van der Waals surface area contributed by atoms with Gasteiger partial charge >= 0.3 is 5.97 Å². The molecule has 1 saturated heterocycles. The smallest absolute Gasteiger partial charge is 0.303 e. The summed E-state index contributed by atoms with van der Waals surface area (Å²) in [6.45, 7) is 4.06. The number of carbonyl (C=O) groups excluding carboxylic acids is 1. The quantitative estimate of drug-likeness (QED) is 0.405. The van der Waals surface area contributed by atoms with E-state index >= 15 is 0 Å². The molecule has 4 rings (SSSR count). The van der Waals surface area contributed by atoms with Crippen molar-refractivity contribution < 1.29 is 14.7 Å². The summed E-state index contributed by atoms with van der Waals surface area (Å²) in [5, 5.41) is 20.8. The van der Waals surface area contributed by atoms with E-state index in [0.717, 1.165) is 53.2 Å². The van der Waals surface area contributed by atoms with Crippen LogP contribution in [-0.2, 0) is 4.79 Å². The van der Waals surface area contributed by atoms with Crippen molar-refractivity contribution in [2.75, 3.05) is 11.1 Å². The van der Waals surface area contributed by atoms with E-state index in [1.165, 1.54) is 5.56 Å². The molecule has 184 valence electrons. The standard InChI is InChI=1S/C28H33N3O3S/c1-16-3-12-22(13-17(16)2)31-28(34)21-10-8-20(9-11-21)25(29)27-26(30)23(15-35-27)19-6-4-18(5-7-19)14-24(32)33/h3,8-13,18-19,23,30H,4-7,14-15,29H2,1-2H3,(H,31,34)(H,32,33)/b27-25+,30-26?. The summed E-state index contributed by atoms with van der Waals surface area (Å²) in [6.07, 6.45) is 4.05. The molecular weight excluding hydrogens is 458 g/mol. The molecule has 1 amide bonds. The van der Waals surface area contributed by atoms with Crippen molar-refractivity contribution in [3.63, 3.8) is 0 Å². The predicted molar refractivity (Wildman–Crippen MR) is 143 cm³/mol. The molecule has 2 aromatic carbocycles. The summed E-state index contributed by atoms with van der Waals surface area (Å²) in [7, 11) is 0. The Hall–Kier alpha value is -3.06. The van der Waals surface area contributed by atoms with Crippen LogP contribution in [0, 0.1) is 37.0 Å². The van der Waals surface area contributed by atoms with Crippen LogP contribution in [0.15, 0.2) is 47.4 Å². The molecule has 0 spiro atoms. The van der Waals surface area contributed by atoms with E-state index in [0.29, 0.717) is 22.9 Å². The van der Waals surface area contributed by atoms with E-state index in [1.807, 2.05) is 44.2 Å². The zero-order chi connectivity index (χ0) is 25.1. The van der Waals surface area contributed by atoms with Crippen molar-refractivity contribution in [1.82, 2.24) is 0 Å². The Labute approximate surface area is 210 Å². The highest BCUT2D eigenvalue weighted by molar-refractivity contribution is 8.04. The Morgan fingerprint density at radius 2 is 1.69 bits per heavy atom. The summed E-state index contributed by atoms with van der Waals surface area (Å²) in [5.41, 5.74) is 12.1. The normalized spacial score (nSPS) is 23.7. The number of aryl methyl sites for hydroxylation is 2. The lowest BCUT2D eigenvalue weighted by Gasteiger charge is -2.31. The van der Waals surface area contributed by atoms with Gasteiger partial charge in [0.25, 0.3) is 5.91 Å². The van der Waals surface area contributed by atoms with Crippen LogP contribution in [0.4, 0.5) is 5.69 Å². The first-order valence-corrected chi connectivity index (χ1v) is 13.1. The number of anilines is 1. The van der Waals surface area contributed by atoms with E-state index < -0.39 is 5.97 Å². The number of nitrogens with two attached hydrogens (primary N) is 1. The molecule has 0 aromatic heterocycles. The minimum absolute atomic E-state index is 0.169. The number of nitrogens with one attached hydrogen (secondary N) is 2. The van der Waals surface area contributed by atoms with Gasteiger partial charge in [-0.3, -0.25) is 9.59 Å². The van der Waals surface area contributed by atoms with Crippen LogP contribution in [0.2, 0.25) is 0 Å². The van der Waals surface area contributed by atoms with Crippen molar-refractivity contribution in [3.05, 3.63) is 69.6 Å². The SMILES string of the molecule is Cc1ccc(NC(=O)c2ccc(/C(N)=C3\SCC(C4CCC(CC(=O)O)CC4)C3=N)cc2)cc1C. The highest BCUT2D eigenvalue weighted by Crippen LogP contribution is 2.44. The minimum atomic E-state index is -0.718. The predicted octanol–water partition coefficient (Wildman–Crippen LogP) is 5.85. The Morgan fingerprint density at radius 3 is 2.31 bits per heavy atom. The van der Waals surface area contributed by atoms with Gasteiger partial charge in [-0.25, -0.2) is 0 Å². The molecule has 1 atom stereocenters. The summed E-state index contributed by atoms with van der Waals surface area (Å²) >= 11 is 1.64. The maximum Gasteiger partial charge on any atom is 0.303 e. The number of thioether (sulfide) groups is 1. The van der Waals surface area contributed by atoms with Crippen LogP contribution >= 0.6 is 11.8 Å². The fraction of sp³-hybridized carbons (Fsp3) is 0.393. The van der Waals surface area contributed by atoms with Crippen molar-refractivity contribution in [2.45, 2.75) is 46.0 Å². The summed E-state index contributed by atoms with van der Waals surface area (Å²) in [5.74, 6) is 0.804. The average Bonchev–Trinajstić information content (AvgIpc) is 3.22. The average molecular weight is 492 g/mol. The van der Waals surface area contributed by atoms with Gasteiger partial charge in [0.1, 0.15) is 0 Å². The number of hydrogen-bond acceptors (Lipinski definition) is 5. The second kappa shape index (κ2) is 10.7. The molecule has 1 aliphatic heterocycles. The molecule has 0 bridgehead atoms. The van der Waals surface area contributed by atoms with E-state index in [4.69, 9.17) is 16.2 Å². The fourth-order valence-electron chi connectivity index (χ4n) is 5.09. The van der Waals surface area contributed by atoms with Gasteiger partial charge in [-0.1, -0.05) is 18.2 Å². The largest absolute Gasteiger partial charge is 0.481 e. The first-order valence-electron chi connectivity index (χ1n) is 12.1. The van der Waals surface area contributed by atoms with E-state index in [1.54, 1.807) is 23.9 Å². The number of hydrogen-bond donors (Lipinski definition) is 4. The highest BCUT2D eigenvalue weighted by atomic mass is 32.2. The summed E-state index contributed by atoms with van der Waals surface area (Å²) in [4.78, 5) is 24.5. The van der Waals surface area contributed by atoms with E-state index in [-0.39, 0.29) is 24.2 Å². The van der Waals surface area contributed by atoms with Gasteiger partial charge in [-0.05, 0) is 92.3 Å². The minimum Gasteiger partial charge on any atom is -0.481 e. The third-order valence-electron chi connectivity index (χ3n) is 7.41. The fourth-order valence-corrected chi connectivity index (χ4v) is 6.46. The molecule has 7 heteroatoms. The van der Waals surface area contributed by atoms with E-state index in [2.05, 4.69) is 5.32 Å². The molecule has 0 radical (unpaired) electrons. The third kappa shape index (κ3) is 5.78.